The lowest BCUT2D eigenvalue weighted by atomic mass is 9.94. The Morgan fingerprint density at radius 2 is 0.826 bits per heavy atom. The van der Waals surface area contributed by atoms with Crippen molar-refractivity contribution >= 4 is 23.2 Å². The molecular formula is C8HCl2F13. The van der Waals surface area contributed by atoms with E-state index in [4.69, 9.17) is 0 Å². The standard InChI is InChI=1S/C8HCl2F13/c9-2(10)1-3(11,12)4(13,14)5(15,16)6(17,18)7(19,20)8(21,22)23/h1H. The molecule has 0 aromatic rings. The van der Waals surface area contributed by atoms with Gasteiger partial charge >= 0.3 is 35.8 Å². The van der Waals surface area contributed by atoms with Crippen molar-refractivity contribution in [1.29, 1.82) is 0 Å². The molecule has 0 aliphatic rings. The largest absolute Gasteiger partial charge is 0.460 e. The molecule has 0 saturated carbocycles. The van der Waals surface area contributed by atoms with Crippen LogP contribution in [0.1, 0.15) is 0 Å². The number of allylic oxidation sites excluding steroid dienone is 1. The fourth-order valence-corrected chi connectivity index (χ4v) is 1.28. The Labute approximate surface area is 127 Å². The number of hydrogen-bond acceptors (Lipinski definition) is 0. The van der Waals surface area contributed by atoms with Gasteiger partial charge in [-0.2, -0.15) is 57.1 Å². The van der Waals surface area contributed by atoms with E-state index < -0.39 is 46.4 Å². The van der Waals surface area contributed by atoms with Crippen molar-refractivity contribution in [1.82, 2.24) is 0 Å². The predicted octanol–water partition coefficient (Wildman–Crippen LogP) is 6.04. The van der Waals surface area contributed by atoms with Crippen molar-refractivity contribution in [3.63, 3.8) is 0 Å². The van der Waals surface area contributed by atoms with Gasteiger partial charge in [-0.25, -0.2) is 0 Å². The summed E-state index contributed by atoms with van der Waals surface area (Å²) < 4.78 is 161. The van der Waals surface area contributed by atoms with Crippen LogP contribution in [0, 0.1) is 0 Å². The van der Waals surface area contributed by atoms with E-state index in [-0.39, 0.29) is 0 Å². The van der Waals surface area contributed by atoms with E-state index in [0.29, 0.717) is 0 Å². The smallest absolute Gasteiger partial charge is 0.195 e. The topological polar surface area (TPSA) is 0 Å². The first kappa shape index (κ1) is 22.4. The summed E-state index contributed by atoms with van der Waals surface area (Å²) in [5.41, 5.74) is 0. The lowest BCUT2D eigenvalue weighted by Crippen LogP contribution is -2.69. The summed E-state index contributed by atoms with van der Waals surface area (Å²) in [6.07, 6.45) is -8.86. The maximum absolute atomic E-state index is 12.9. The van der Waals surface area contributed by atoms with Crippen molar-refractivity contribution in [3.8, 4) is 0 Å². The quantitative estimate of drug-likeness (QED) is 0.481. The van der Waals surface area contributed by atoms with Crippen molar-refractivity contribution in [2.45, 2.75) is 35.8 Å². The Balaban J connectivity index is 6.31. The van der Waals surface area contributed by atoms with E-state index >= 15 is 0 Å². The summed E-state index contributed by atoms with van der Waals surface area (Å²) >= 11 is 8.90. The molecule has 138 valence electrons. The molecule has 0 amide bonds. The summed E-state index contributed by atoms with van der Waals surface area (Å²) in [5.74, 6) is -37.3. The van der Waals surface area contributed by atoms with Crippen LogP contribution in [0.25, 0.3) is 0 Å². The zero-order valence-corrected chi connectivity index (χ0v) is 11.3. The highest BCUT2D eigenvalue weighted by Gasteiger charge is 2.90. The summed E-state index contributed by atoms with van der Waals surface area (Å²) in [6, 6.07) is 0. The molecule has 0 fully saturated rings. The van der Waals surface area contributed by atoms with E-state index in [0.717, 1.165) is 0 Å². The first-order valence-corrected chi connectivity index (χ1v) is 5.42. The van der Waals surface area contributed by atoms with Crippen LogP contribution in [0.4, 0.5) is 57.1 Å². The average molecular weight is 415 g/mol. The molecule has 0 unspecified atom stereocenters. The van der Waals surface area contributed by atoms with E-state index in [1.54, 1.807) is 0 Å². The summed E-state index contributed by atoms with van der Waals surface area (Å²) in [5, 5.41) is 0. The number of rotatable bonds is 5. The van der Waals surface area contributed by atoms with Gasteiger partial charge in [0.1, 0.15) is 4.49 Å². The molecule has 0 saturated heterocycles. The molecule has 0 aliphatic heterocycles. The van der Waals surface area contributed by atoms with Gasteiger partial charge in [0.25, 0.3) is 0 Å². The molecule has 0 aromatic carbocycles. The fourth-order valence-electron chi connectivity index (χ4n) is 1.01. The third kappa shape index (κ3) is 3.30. The maximum Gasteiger partial charge on any atom is 0.460 e. The van der Waals surface area contributed by atoms with E-state index in [1.807, 2.05) is 0 Å². The minimum Gasteiger partial charge on any atom is -0.195 e. The van der Waals surface area contributed by atoms with Crippen LogP contribution in [0.3, 0.4) is 0 Å². The molecule has 0 radical (unpaired) electrons. The molecule has 0 aliphatic carbocycles. The van der Waals surface area contributed by atoms with E-state index in [2.05, 4.69) is 23.2 Å². The number of halogens is 15. The summed E-state index contributed by atoms with van der Waals surface area (Å²) in [6.45, 7) is 0. The molecule has 0 bridgehead atoms. The Bertz CT molecular complexity index is 471. The van der Waals surface area contributed by atoms with Crippen molar-refractivity contribution in [2.24, 2.45) is 0 Å². The van der Waals surface area contributed by atoms with Gasteiger partial charge in [0.2, 0.25) is 0 Å². The van der Waals surface area contributed by atoms with E-state index in [1.165, 1.54) is 0 Å². The van der Waals surface area contributed by atoms with Crippen molar-refractivity contribution in [3.05, 3.63) is 10.6 Å². The third-order valence-corrected chi connectivity index (χ3v) is 2.47. The monoisotopic (exact) mass is 414 g/mol. The van der Waals surface area contributed by atoms with Crippen LogP contribution >= 0.6 is 23.2 Å². The lowest BCUT2D eigenvalue weighted by Gasteiger charge is -2.39. The number of alkyl halides is 13. The third-order valence-electron chi connectivity index (χ3n) is 2.25. The highest BCUT2D eigenvalue weighted by atomic mass is 35.5. The van der Waals surface area contributed by atoms with Gasteiger partial charge in [-0.1, -0.05) is 23.2 Å². The van der Waals surface area contributed by atoms with Crippen molar-refractivity contribution in [2.75, 3.05) is 0 Å². The summed E-state index contributed by atoms with van der Waals surface area (Å²) in [7, 11) is 0. The van der Waals surface area contributed by atoms with Gasteiger partial charge in [0, 0.05) is 6.08 Å². The predicted molar refractivity (Wildman–Crippen MR) is 50.6 cm³/mol. The van der Waals surface area contributed by atoms with Gasteiger partial charge in [0.05, 0.1) is 0 Å². The van der Waals surface area contributed by atoms with Crippen LogP contribution in [0.5, 0.6) is 0 Å². The molecule has 0 nitrogen and oxygen atoms in total. The molecule has 23 heavy (non-hydrogen) atoms. The van der Waals surface area contributed by atoms with E-state index in [9.17, 15) is 57.1 Å². The van der Waals surface area contributed by atoms with Gasteiger partial charge in [-0.3, -0.25) is 0 Å². The highest BCUT2D eigenvalue weighted by molar-refractivity contribution is 6.55. The SMILES string of the molecule is FC(F)(F)C(F)(F)C(F)(F)C(F)(F)C(F)(F)C(F)(F)C=C(Cl)Cl. The van der Waals surface area contributed by atoms with Gasteiger partial charge < -0.3 is 0 Å². The zero-order valence-electron chi connectivity index (χ0n) is 9.75. The molecule has 0 atom stereocenters. The van der Waals surface area contributed by atoms with Gasteiger partial charge in [-0.15, -0.1) is 0 Å². The second kappa shape index (κ2) is 5.74. The average Bonchev–Trinajstić information content (AvgIpc) is 2.24. The molecular weight excluding hydrogens is 414 g/mol. The van der Waals surface area contributed by atoms with Gasteiger partial charge in [-0.05, 0) is 0 Å². The summed E-state index contributed by atoms with van der Waals surface area (Å²) in [4.78, 5) is 0. The second-order valence-electron chi connectivity index (χ2n) is 3.85. The normalized spacial score (nSPS) is 15.6. The minimum absolute atomic E-state index is 1.42. The van der Waals surface area contributed by atoms with Crippen LogP contribution in [-0.4, -0.2) is 35.8 Å². The Morgan fingerprint density at radius 1 is 0.522 bits per heavy atom. The molecule has 0 heterocycles. The van der Waals surface area contributed by atoms with Crippen LogP contribution in [0.2, 0.25) is 0 Å². The molecule has 15 heteroatoms. The van der Waals surface area contributed by atoms with Crippen LogP contribution in [0.15, 0.2) is 10.6 Å². The molecule has 0 rings (SSSR count). The first-order valence-electron chi connectivity index (χ1n) is 4.66. The molecule has 0 aromatic heterocycles. The zero-order chi connectivity index (χ0) is 19.3. The molecule has 0 spiro atoms. The van der Waals surface area contributed by atoms with Crippen LogP contribution in [-0.2, 0) is 0 Å². The second-order valence-corrected chi connectivity index (χ2v) is 4.86. The van der Waals surface area contributed by atoms with Crippen molar-refractivity contribution < 1.29 is 57.1 Å². The Morgan fingerprint density at radius 3 is 1.09 bits per heavy atom. The van der Waals surface area contributed by atoms with Crippen LogP contribution < -0.4 is 0 Å². The lowest BCUT2D eigenvalue weighted by molar-refractivity contribution is -0.436. The first-order chi connectivity index (χ1) is 9.67. The fraction of sp³-hybridized carbons (Fsp3) is 0.750. The van der Waals surface area contributed by atoms with Gasteiger partial charge in [0.15, 0.2) is 0 Å². The highest BCUT2D eigenvalue weighted by Crippen LogP contribution is 2.60. The molecule has 0 N–H and O–H groups in total. The number of hydrogen-bond donors (Lipinski definition) is 0. The Kier molecular flexibility index (Phi) is 5.60. The Hall–Kier alpha value is -0.590. The maximum atomic E-state index is 12.9. The minimum atomic E-state index is -7.93.